The molecule has 0 bridgehead atoms. The second-order valence-electron chi connectivity index (χ2n) is 9.44. The highest BCUT2D eigenvalue weighted by Crippen LogP contribution is 2.33. The van der Waals surface area contributed by atoms with Crippen molar-refractivity contribution in [2.24, 2.45) is 0 Å². The van der Waals surface area contributed by atoms with Crippen LogP contribution in [0.2, 0.25) is 0 Å². The Morgan fingerprint density at radius 2 is 1.84 bits per heavy atom. The van der Waals surface area contributed by atoms with E-state index in [1.165, 1.54) is 0 Å². The van der Waals surface area contributed by atoms with Crippen molar-refractivity contribution in [3.8, 4) is 5.75 Å². The van der Waals surface area contributed by atoms with E-state index in [0.717, 1.165) is 16.8 Å². The van der Waals surface area contributed by atoms with Crippen molar-refractivity contribution in [2.45, 2.75) is 58.8 Å². The molecule has 0 aliphatic carbocycles. The number of carbonyl (C=O) groups is 2. The van der Waals surface area contributed by atoms with Crippen LogP contribution in [0, 0.1) is 0 Å². The molecule has 0 saturated heterocycles. The van der Waals surface area contributed by atoms with Crippen LogP contribution in [0.5, 0.6) is 5.75 Å². The first kappa shape index (κ1) is 26.3. The van der Waals surface area contributed by atoms with E-state index in [1.807, 2.05) is 93.7 Å². The van der Waals surface area contributed by atoms with Gasteiger partial charge in [0, 0.05) is 16.0 Å². The molecule has 9 heteroatoms. The third-order valence-electron chi connectivity index (χ3n) is 6.35. The maximum atomic E-state index is 14.0. The zero-order valence-electron chi connectivity index (χ0n) is 21.7. The van der Waals surface area contributed by atoms with Crippen molar-refractivity contribution in [1.29, 1.82) is 0 Å². The molecule has 4 rings (SSSR count). The first-order chi connectivity index (χ1) is 17.8. The van der Waals surface area contributed by atoms with Crippen molar-refractivity contribution >= 4 is 34.2 Å². The standard InChI is InChI=1S/C28H33N5O3S/c1-5-28(3,4)29-27(35)26(21-13-7-10-16-24(21)36-6-2)32(18-20-12-11-17-37-20)25(34)19-33-23-15-9-8-14-22(23)30-31-33/h7-17,26H,5-6,18-19H2,1-4H3,(H,29,35)/t26-/m0/s1. The lowest BCUT2D eigenvalue weighted by molar-refractivity contribution is -0.143. The van der Waals surface area contributed by atoms with Gasteiger partial charge in [0.2, 0.25) is 11.8 Å². The summed E-state index contributed by atoms with van der Waals surface area (Å²) in [6.45, 7) is 8.53. The third kappa shape index (κ3) is 6.17. The van der Waals surface area contributed by atoms with E-state index in [2.05, 4.69) is 15.6 Å². The number of nitrogens with zero attached hydrogens (tertiary/aromatic N) is 4. The SMILES string of the molecule is CCOc1ccccc1[C@@H](C(=O)NC(C)(C)CC)N(Cc1cccs1)C(=O)Cn1nnc2ccccc21. The zero-order chi connectivity index (χ0) is 26.4. The minimum atomic E-state index is -0.905. The van der Waals surface area contributed by atoms with Gasteiger partial charge >= 0.3 is 0 Å². The number of aromatic nitrogens is 3. The van der Waals surface area contributed by atoms with E-state index in [1.54, 1.807) is 20.9 Å². The van der Waals surface area contributed by atoms with Crippen LogP contribution in [0.25, 0.3) is 11.0 Å². The molecule has 0 unspecified atom stereocenters. The number of benzene rings is 2. The van der Waals surface area contributed by atoms with Crippen LogP contribution in [0.4, 0.5) is 0 Å². The number of ether oxygens (including phenoxy) is 1. The highest BCUT2D eigenvalue weighted by atomic mass is 32.1. The topological polar surface area (TPSA) is 89.4 Å². The highest BCUT2D eigenvalue weighted by Gasteiger charge is 2.36. The van der Waals surface area contributed by atoms with E-state index in [9.17, 15) is 9.59 Å². The predicted octanol–water partition coefficient (Wildman–Crippen LogP) is 4.97. The molecule has 2 amide bonds. The smallest absolute Gasteiger partial charge is 0.248 e. The van der Waals surface area contributed by atoms with Crippen molar-refractivity contribution in [1.82, 2.24) is 25.2 Å². The summed E-state index contributed by atoms with van der Waals surface area (Å²) in [6, 6.07) is 17.9. The summed E-state index contributed by atoms with van der Waals surface area (Å²) in [4.78, 5) is 30.6. The largest absolute Gasteiger partial charge is 0.494 e. The van der Waals surface area contributed by atoms with E-state index in [-0.39, 0.29) is 24.9 Å². The molecule has 1 N–H and O–H groups in total. The number of carbonyl (C=O) groups excluding carboxylic acids is 2. The number of hydrogen-bond acceptors (Lipinski definition) is 6. The van der Waals surface area contributed by atoms with Gasteiger partial charge in [0.1, 0.15) is 23.9 Å². The lowest BCUT2D eigenvalue weighted by Gasteiger charge is -2.35. The Morgan fingerprint density at radius 1 is 1.08 bits per heavy atom. The van der Waals surface area contributed by atoms with Crippen molar-refractivity contribution in [3.63, 3.8) is 0 Å². The van der Waals surface area contributed by atoms with Crippen LogP contribution in [0.15, 0.2) is 66.0 Å². The van der Waals surface area contributed by atoms with Crippen molar-refractivity contribution in [3.05, 3.63) is 76.5 Å². The highest BCUT2D eigenvalue weighted by molar-refractivity contribution is 7.09. The molecule has 0 saturated carbocycles. The van der Waals surface area contributed by atoms with Gasteiger partial charge in [-0.2, -0.15) is 0 Å². The summed E-state index contributed by atoms with van der Waals surface area (Å²) in [5.41, 5.74) is 1.66. The molecular formula is C28H33N5O3S. The van der Waals surface area contributed by atoms with Crippen molar-refractivity contribution in [2.75, 3.05) is 6.61 Å². The molecule has 0 radical (unpaired) electrons. The predicted molar refractivity (Wildman–Crippen MR) is 145 cm³/mol. The lowest BCUT2D eigenvalue weighted by atomic mass is 9.98. The first-order valence-corrected chi connectivity index (χ1v) is 13.3. The van der Waals surface area contributed by atoms with Gasteiger partial charge in [-0.25, -0.2) is 4.68 Å². The minimum absolute atomic E-state index is 0.0519. The monoisotopic (exact) mass is 519 g/mol. The molecule has 8 nitrogen and oxygen atoms in total. The van der Waals surface area contributed by atoms with Crippen LogP contribution in [0.1, 0.15) is 50.6 Å². The number of amides is 2. The molecule has 194 valence electrons. The van der Waals surface area contributed by atoms with E-state index < -0.39 is 11.6 Å². The van der Waals surface area contributed by atoms with Crippen LogP contribution >= 0.6 is 11.3 Å². The zero-order valence-corrected chi connectivity index (χ0v) is 22.5. The number of hydrogen-bond donors (Lipinski definition) is 1. The fraction of sp³-hybridized carbons (Fsp3) is 0.357. The number of fused-ring (bicyclic) bond motifs is 1. The molecule has 2 aromatic carbocycles. The van der Waals surface area contributed by atoms with Gasteiger partial charge in [0.15, 0.2) is 0 Å². The van der Waals surface area contributed by atoms with Crippen LogP contribution in [-0.4, -0.2) is 43.9 Å². The maximum absolute atomic E-state index is 14.0. The minimum Gasteiger partial charge on any atom is -0.494 e. The van der Waals surface area contributed by atoms with Crippen LogP contribution < -0.4 is 10.1 Å². The Morgan fingerprint density at radius 3 is 2.57 bits per heavy atom. The van der Waals surface area contributed by atoms with Crippen LogP contribution in [-0.2, 0) is 22.7 Å². The summed E-state index contributed by atoms with van der Waals surface area (Å²) in [7, 11) is 0. The molecule has 2 aromatic heterocycles. The fourth-order valence-corrected chi connectivity index (χ4v) is 4.78. The Bertz CT molecular complexity index is 1350. The molecule has 0 spiro atoms. The van der Waals surface area contributed by atoms with Crippen LogP contribution in [0.3, 0.4) is 0 Å². The Balaban J connectivity index is 1.79. The number of nitrogens with one attached hydrogen (secondary N) is 1. The van der Waals surface area contributed by atoms with Gasteiger partial charge in [-0.1, -0.05) is 48.5 Å². The molecule has 1 atom stereocenters. The lowest BCUT2D eigenvalue weighted by Crippen LogP contribution is -2.50. The normalized spacial score (nSPS) is 12.3. The van der Waals surface area contributed by atoms with Gasteiger partial charge in [0.25, 0.3) is 0 Å². The molecular weight excluding hydrogens is 486 g/mol. The van der Waals surface area contributed by atoms with E-state index in [4.69, 9.17) is 4.74 Å². The van der Waals surface area contributed by atoms with Crippen molar-refractivity contribution < 1.29 is 14.3 Å². The molecule has 4 aromatic rings. The number of rotatable bonds is 11. The van der Waals surface area contributed by atoms with Gasteiger partial charge in [-0.3, -0.25) is 9.59 Å². The van der Waals surface area contributed by atoms with E-state index in [0.29, 0.717) is 23.4 Å². The quantitative estimate of drug-likeness (QED) is 0.302. The molecule has 0 aliphatic rings. The van der Waals surface area contributed by atoms with Gasteiger partial charge in [0.05, 0.1) is 18.7 Å². The van der Waals surface area contributed by atoms with E-state index >= 15 is 0 Å². The molecule has 0 aliphatic heterocycles. The molecule has 2 heterocycles. The number of para-hydroxylation sites is 2. The van der Waals surface area contributed by atoms with Gasteiger partial charge < -0.3 is 15.0 Å². The average Bonchev–Trinajstić information content (AvgIpc) is 3.55. The average molecular weight is 520 g/mol. The second kappa shape index (κ2) is 11.6. The Labute approximate surface area is 221 Å². The molecule has 37 heavy (non-hydrogen) atoms. The Hall–Kier alpha value is -3.72. The maximum Gasteiger partial charge on any atom is 0.248 e. The fourth-order valence-electron chi connectivity index (χ4n) is 4.08. The second-order valence-corrected chi connectivity index (χ2v) is 10.5. The summed E-state index contributed by atoms with van der Waals surface area (Å²) in [6.07, 6.45) is 0.738. The summed E-state index contributed by atoms with van der Waals surface area (Å²) < 4.78 is 7.49. The summed E-state index contributed by atoms with van der Waals surface area (Å²) in [5.74, 6) is 0.0757. The summed E-state index contributed by atoms with van der Waals surface area (Å²) in [5, 5.41) is 13.5. The van der Waals surface area contributed by atoms with Gasteiger partial charge in [-0.05, 0) is 56.8 Å². The molecule has 0 fully saturated rings. The third-order valence-corrected chi connectivity index (χ3v) is 7.21. The van der Waals surface area contributed by atoms with Gasteiger partial charge in [-0.15, -0.1) is 16.4 Å². The first-order valence-electron chi connectivity index (χ1n) is 12.5. The summed E-state index contributed by atoms with van der Waals surface area (Å²) >= 11 is 1.54. The number of thiophene rings is 1. The Kier molecular flexibility index (Phi) is 8.23.